The Kier molecular flexibility index (Phi) is 6.22. The number of esters is 1. The summed E-state index contributed by atoms with van der Waals surface area (Å²) < 4.78 is 5.26. The summed E-state index contributed by atoms with van der Waals surface area (Å²) in [6.45, 7) is 3.55. The number of anilines is 1. The third-order valence-electron chi connectivity index (χ3n) is 4.48. The number of ether oxygens (including phenoxy) is 1. The molecule has 0 bridgehead atoms. The fourth-order valence-electron chi connectivity index (χ4n) is 2.96. The highest BCUT2D eigenvalue weighted by Crippen LogP contribution is 2.17. The Bertz CT molecular complexity index is 980. The van der Waals surface area contributed by atoms with E-state index in [1.54, 1.807) is 12.1 Å². The molecule has 4 nitrogen and oxygen atoms in total. The van der Waals surface area contributed by atoms with Crippen molar-refractivity contribution in [2.75, 3.05) is 11.9 Å². The van der Waals surface area contributed by atoms with E-state index < -0.39 is 5.97 Å². The van der Waals surface area contributed by atoms with Gasteiger partial charge in [-0.25, -0.2) is 4.79 Å². The first-order chi connectivity index (χ1) is 13.5. The van der Waals surface area contributed by atoms with Gasteiger partial charge in [-0.2, -0.15) is 0 Å². The highest BCUT2D eigenvalue weighted by Gasteiger charge is 2.15. The molecule has 0 spiro atoms. The first-order valence-corrected chi connectivity index (χ1v) is 9.19. The molecule has 3 rings (SSSR count). The molecule has 0 radical (unpaired) electrons. The number of hydrogen-bond acceptors (Lipinski definition) is 3. The zero-order valence-corrected chi connectivity index (χ0v) is 16.1. The van der Waals surface area contributed by atoms with Gasteiger partial charge < -0.3 is 10.1 Å². The Balaban J connectivity index is 1.63. The standard InChI is InChI=1S/C24H23NO3/c1-17-12-13-18(2)22(14-17)25-23(26)16-28-24(27)21-11-7-6-10-20(21)15-19-8-4-3-5-9-19/h3-14H,15-16H2,1-2H3,(H,25,26). The van der Waals surface area contributed by atoms with Crippen LogP contribution in [0.1, 0.15) is 32.6 Å². The Morgan fingerprint density at radius 3 is 2.39 bits per heavy atom. The van der Waals surface area contributed by atoms with E-state index in [1.807, 2.05) is 74.5 Å². The van der Waals surface area contributed by atoms with Crippen LogP contribution in [0.25, 0.3) is 0 Å². The summed E-state index contributed by atoms with van der Waals surface area (Å²) in [5.74, 6) is -0.856. The fourth-order valence-corrected chi connectivity index (χ4v) is 2.96. The summed E-state index contributed by atoms with van der Waals surface area (Å²) in [4.78, 5) is 24.7. The third-order valence-corrected chi connectivity index (χ3v) is 4.48. The fraction of sp³-hybridized carbons (Fsp3) is 0.167. The SMILES string of the molecule is Cc1ccc(C)c(NC(=O)COC(=O)c2ccccc2Cc2ccccc2)c1. The summed E-state index contributed by atoms with van der Waals surface area (Å²) >= 11 is 0. The predicted molar refractivity (Wildman–Crippen MR) is 111 cm³/mol. The van der Waals surface area contributed by atoms with Gasteiger partial charge in [-0.1, -0.05) is 60.7 Å². The zero-order valence-electron chi connectivity index (χ0n) is 16.1. The van der Waals surface area contributed by atoms with Crippen LogP contribution in [0.3, 0.4) is 0 Å². The van der Waals surface area contributed by atoms with Crippen molar-refractivity contribution < 1.29 is 14.3 Å². The number of carbonyl (C=O) groups is 2. The maximum absolute atomic E-state index is 12.5. The van der Waals surface area contributed by atoms with Gasteiger partial charge in [0.2, 0.25) is 0 Å². The molecule has 142 valence electrons. The first-order valence-electron chi connectivity index (χ1n) is 9.19. The van der Waals surface area contributed by atoms with Crippen LogP contribution in [-0.2, 0) is 16.0 Å². The third kappa shape index (κ3) is 5.07. The number of benzene rings is 3. The molecule has 0 unspecified atom stereocenters. The van der Waals surface area contributed by atoms with Crippen molar-refractivity contribution in [2.45, 2.75) is 20.3 Å². The largest absolute Gasteiger partial charge is 0.452 e. The summed E-state index contributed by atoms with van der Waals surface area (Å²) in [5, 5.41) is 2.80. The molecule has 0 aromatic heterocycles. The molecule has 3 aromatic carbocycles. The Morgan fingerprint density at radius 2 is 1.61 bits per heavy atom. The Labute approximate surface area is 165 Å². The highest BCUT2D eigenvalue weighted by molar-refractivity contribution is 5.96. The van der Waals surface area contributed by atoms with Crippen LogP contribution in [0, 0.1) is 13.8 Å². The molecule has 1 N–H and O–H groups in total. The van der Waals surface area contributed by atoms with E-state index in [-0.39, 0.29) is 12.5 Å². The average molecular weight is 373 g/mol. The van der Waals surface area contributed by atoms with E-state index >= 15 is 0 Å². The van der Waals surface area contributed by atoms with Gasteiger partial charge in [-0.05, 0) is 54.7 Å². The molecule has 3 aromatic rings. The first kappa shape index (κ1) is 19.4. The molecule has 0 atom stereocenters. The number of aryl methyl sites for hydroxylation is 2. The van der Waals surface area contributed by atoms with Gasteiger partial charge in [0.25, 0.3) is 5.91 Å². The monoisotopic (exact) mass is 373 g/mol. The van der Waals surface area contributed by atoms with Crippen molar-refractivity contribution in [1.29, 1.82) is 0 Å². The number of rotatable bonds is 6. The van der Waals surface area contributed by atoms with Gasteiger partial charge in [-0.15, -0.1) is 0 Å². The number of hydrogen-bond donors (Lipinski definition) is 1. The minimum atomic E-state index is -0.498. The summed E-state index contributed by atoms with van der Waals surface area (Å²) in [7, 11) is 0. The molecule has 0 saturated carbocycles. The minimum Gasteiger partial charge on any atom is -0.452 e. The van der Waals surface area contributed by atoms with Crippen LogP contribution in [0.5, 0.6) is 0 Å². The second kappa shape index (κ2) is 9.00. The molecule has 0 aliphatic carbocycles. The molecule has 0 aliphatic heterocycles. The lowest BCUT2D eigenvalue weighted by molar-refractivity contribution is -0.119. The molecule has 0 heterocycles. The van der Waals surface area contributed by atoms with Crippen LogP contribution in [0.2, 0.25) is 0 Å². The van der Waals surface area contributed by atoms with Crippen LogP contribution in [-0.4, -0.2) is 18.5 Å². The van der Waals surface area contributed by atoms with Crippen molar-refractivity contribution in [3.05, 3.63) is 101 Å². The maximum Gasteiger partial charge on any atom is 0.338 e. The second-order valence-electron chi connectivity index (χ2n) is 6.76. The highest BCUT2D eigenvalue weighted by atomic mass is 16.5. The average Bonchev–Trinajstić information content (AvgIpc) is 2.70. The zero-order chi connectivity index (χ0) is 19.9. The molecule has 4 heteroatoms. The van der Waals surface area contributed by atoms with E-state index in [0.717, 1.165) is 27.9 Å². The molecule has 28 heavy (non-hydrogen) atoms. The quantitative estimate of drug-likeness (QED) is 0.638. The second-order valence-corrected chi connectivity index (χ2v) is 6.76. The van der Waals surface area contributed by atoms with Crippen LogP contribution >= 0.6 is 0 Å². The molecular weight excluding hydrogens is 350 g/mol. The number of carbonyl (C=O) groups excluding carboxylic acids is 2. The van der Waals surface area contributed by atoms with E-state index in [0.29, 0.717) is 12.0 Å². The smallest absolute Gasteiger partial charge is 0.338 e. The van der Waals surface area contributed by atoms with Crippen LogP contribution < -0.4 is 5.32 Å². The lowest BCUT2D eigenvalue weighted by Crippen LogP contribution is -2.22. The summed E-state index contributed by atoms with van der Waals surface area (Å²) in [5.41, 5.74) is 5.19. The van der Waals surface area contributed by atoms with Gasteiger partial charge >= 0.3 is 5.97 Å². The van der Waals surface area contributed by atoms with E-state index in [4.69, 9.17) is 4.74 Å². The molecule has 0 aliphatic rings. The Morgan fingerprint density at radius 1 is 0.893 bits per heavy atom. The molecule has 0 fully saturated rings. The molecule has 0 saturated heterocycles. The molecular formula is C24H23NO3. The van der Waals surface area contributed by atoms with E-state index in [1.165, 1.54) is 0 Å². The van der Waals surface area contributed by atoms with Crippen molar-refractivity contribution in [3.8, 4) is 0 Å². The lowest BCUT2D eigenvalue weighted by Gasteiger charge is -2.11. The van der Waals surface area contributed by atoms with Crippen molar-refractivity contribution in [3.63, 3.8) is 0 Å². The van der Waals surface area contributed by atoms with Crippen molar-refractivity contribution in [2.24, 2.45) is 0 Å². The van der Waals surface area contributed by atoms with Crippen molar-refractivity contribution in [1.82, 2.24) is 0 Å². The normalized spacial score (nSPS) is 10.4. The van der Waals surface area contributed by atoms with Gasteiger partial charge in [0.05, 0.1) is 5.56 Å². The van der Waals surface area contributed by atoms with E-state index in [9.17, 15) is 9.59 Å². The van der Waals surface area contributed by atoms with Crippen LogP contribution in [0.4, 0.5) is 5.69 Å². The van der Waals surface area contributed by atoms with Crippen molar-refractivity contribution >= 4 is 17.6 Å². The Hall–Kier alpha value is -3.40. The summed E-state index contributed by atoms with van der Waals surface area (Å²) in [6, 6.07) is 23.0. The predicted octanol–water partition coefficient (Wildman–Crippen LogP) is 4.69. The molecule has 1 amide bonds. The van der Waals surface area contributed by atoms with Gasteiger partial charge in [0.15, 0.2) is 6.61 Å². The number of nitrogens with one attached hydrogen (secondary N) is 1. The maximum atomic E-state index is 12.5. The van der Waals surface area contributed by atoms with Gasteiger partial charge in [0, 0.05) is 5.69 Å². The minimum absolute atomic E-state index is 0.327. The van der Waals surface area contributed by atoms with Gasteiger partial charge in [-0.3, -0.25) is 4.79 Å². The lowest BCUT2D eigenvalue weighted by atomic mass is 10.00. The summed E-state index contributed by atoms with van der Waals surface area (Å²) in [6.07, 6.45) is 0.626. The van der Waals surface area contributed by atoms with Gasteiger partial charge in [0.1, 0.15) is 0 Å². The van der Waals surface area contributed by atoms with Crippen LogP contribution in [0.15, 0.2) is 72.8 Å². The number of amides is 1. The van der Waals surface area contributed by atoms with E-state index in [2.05, 4.69) is 5.32 Å². The topological polar surface area (TPSA) is 55.4 Å².